The van der Waals surface area contributed by atoms with Gasteiger partial charge in [0.2, 0.25) is 0 Å². The first-order chi connectivity index (χ1) is 8.93. The van der Waals surface area contributed by atoms with Crippen LogP contribution in [0, 0.1) is 0 Å². The van der Waals surface area contributed by atoms with Gasteiger partial charge in [0.05, 0.1) is 0 Å². The van der Waals surface area contributed by atoms with Crippen LogP contribution < -0.4 is 5.32 Å². The van der Waals surface area contributed by atoms with Crippen LogP contribution in [0.5, 0.6) is 0 Å². The molecule has 0 saturated heterocycles. The first kappa shape index (κ1) is 14.8. The summed E-state index contributed by atoms with van der Waals surface area (Å²) in [5, 5.41) is 12.5. The van der Waals surface area contributed by atoms with Gasteiger partial charge in [-0.15, -0.1) is 0 Å². The van der Waals surface area contributed by atoms with Crippen LogP contribution in [-0.4, -0.2) is 72.7 Å². The average molecular weight is 269 g/mol. The molecule has 5 nitrogen and oxygen atoms in total. The van der Waals surface area contributed by atoms with Crippen LogP contribution in [-0.2, 0) is 4.79 Å². The lowest BCUT2D eigenvalue weighted by atomic mass is 9.75. The second-order valence-electron chi connectivity index (χ2n) is 6.50. The second-order valence-corrected chi connectivity index (χ2v) is 6.50. The SMILES string of the molecule is CN(CC(NC1CC1)C(=O)O)CC1(N(C)C)CCC1. The molecule has 0 aromatic heterocycles. The molecule has 0 amide bonds. The van der Waals surface area contributed by atoms with Crippen molar-refractivity contribution in [3.8, 4) is 0 Å². The van der Waals surface area contributed by atoms with E-state index < -0.39 is 12.0 Å². The van der Waals surface area contributed by atoms with Crippen molar-refractivity contribution in [2.75, 3.05) is 34.2 Å². The Labute approximate surface area is 115 Å². The van der Waals surface area contributed by atoms with Gasteiger partial charge < -0.3 is 20.2 Å². The number of carbonyl (C=O) groups is 1. The van der Waals surface area contributed by atoms with E-state index in [1.165, 1.54) is 19.3 Å². The molecule has 2 N–H and O–H groups in total. The van der Waals surface area contributed by atoms with Crippen LogP contribution in [0.4, 0.5) is 0 Å². The highest BCUT2D eigenvalue weighted by Gasteiger charge is 2.40. The van der Waals surface area contributed by atoms with Crippen molar-refractivity contribution in [2.45, 2.75) is 49.7 Å². The Balaban J connectivity index is 1.84. The maximum atomic E-state index is 11.3. The van der Waals surface area contributed by atoms with Gasteiger partial charge in [0, 0.05) is 24.7 Å². The van der Waals surface area contributed by atoms with Gasteiger partial charge in [0.15, 0.2) is 0 Å². The fraction of sp³-hybridized carbons (Fsp3) is 0.929. The summed E-state index contributed by atoms with van der Waals surface area (Å²) in [6.45, 7) is 1.54. The van der Waals surface area contributed by atoms with E-state index in [1.54, 1.807) is 0 Å². The largest absolute Gasteiger partial charge is 0.480 e. The molecule has 110 valence electrons. The van der Waals surface area contributed by atoms with Gasteiger partial charge in [-0.05, 0) is 53.2 Å². The fourth-order valence-electron chi connectivity index (χ4n) is 2.95. The van der Waals surface area contributed by atoms with Crippen LogP contribution in [0.15, 0.2) is 0 Å². The van der Waals surface area contributed by atoms with Crippen LogP contribution in [0.2, 0.25) is 0 Å². The number of rotatable bonds is 8. The first-order valence-electron chi connectivity index (χ1n) is 7.28. The standard InChI is InChI=1S/C14H27N3O2/c1-16(2)14(7-4-8-14)10-17(3)9-12(13(18)19)15-11-5-6-11/h11-12,15H,4-10H2,1-3H3,(H,18,19). The Morgan fingerprint density at radius 1 is 1.37 bits per heavy atom. The number of carboxylic acid groups (broad SMARTS) is 1. The van der Waals surface area contributed by atoms with Crippen molar-refractivity contribution in [2.24, 2.45) is 0 Å². The highest BCUT2D eigenvalue weighted by Crippen LogP contribution is 2.36. The quantitative estimate of drug-likeness (QED) is 0.676. The lowest BCUT2D eigenvalue weighted by molar-refractivity contribution is -0.140. The maximum Gasteiger partial charge on any atom is 0.322 e. The molecule has 0 bridgehead atoms. The summed E-state index contributed by atoms with van der Waals surface area (Å²) in [4.78, 5) is 15.8. The van der Waals surface area contributed by atoms with Gasteiger partial charge >= 0.3 is 5.97 Å². The summed E-state index contributed by atoms with van der Waals surface area (Å²) in [6.07, 6.45) is 5.97. The molecular weight excluding hydrogens is 242 g/mol. The van der Waals surface area contributed by atoms with Gasteiger partial charge in [0.25, 0.3) is 0 Å². The number of nitrogens with zero attached hydrogens (tertiary/aromatic N) is 2. The fourth-order valence-corrected chi connectivity index (χ4v) is 2.95. The number of nitrogens with one attached hydrogen (secondary N) is 1. The zero-order chi connectivity index (χ0) is 14.0. The molecule has 2 aliphatic rings. The van der Waals surface area contributed by atoms with Crippen molar-refractivity contribution in [1.29, 1.82) is 0 Å². The molecule has 2 aliphatic carbocycles. The van der Waals surface area contributed by atoms with Crippen molar-refractivity contribution in [3.05, 3.63) is 0 Å². The lowest BCUT2D eigenvalue weighted by Gasteiger charge is -2.49. The summed E-state index contributed by atoms with van der Waals surface area (Å²) in [5.74, 6) is -0.730. The van der Waals surface area contributed by atoms with Crippen LogP contribution in [0.3, 0.4) is 0 Å². The van der Waals surface area contributed by atoms with E-state index in [-0.39, 0.29) is 5.54 Å². The van der Waals surface area contributed by atoms with E-state index in [2.05, 4.69) is 29.2 Å². The monoisotopic (exact) mass is 269 g/mol. The molecule has 0 aliphatic heterocycles. The molecule has 2 rings (SSSR count). The van der Waals surface area contributed by atoms with E-state index in [4.69, 9.17) is 0 Å². The van der Waals surface area contributed by atoms with Gasteiger partial charge in [-0.1, -0.05) is 0 Å². The third-order valence-electron chi connectivity index (χ3n) is 4.60. The summed E-state index contributed by atoms with van der Waals surface area (Å²) in [6, 6.07) is -0.00204. The Hall–Kier alpha value is -0.650. The van der Waals surface area contributed by atoms with Crippen molar-refractivity contribution in [1.82, 2.24) is 15.1 Å². The zero-order valence-electron chi connectivity index (χ0n) is 12.4. The highest BCUT2D eigenvalue weighted by atomic mass is 16.4. The average Bonchev–Trinajstić information content (AvgIpc) is 3.05. The number of aliphatic carboxylic acids is 1. The molecule has 19 heavy (non-hydrogen) atoms. The molecule has 0 aromatic rings. The van der Waals surface area contributed by atoms with Crippen molar-refractivity contribution in [3.63, 3.8) is 0 Å². The molecule has 0 radical (unpaired) electrons. The van der Waals surface area contributed by atoms with E-state index >= 15 is 0 Å². The van der Waals surface area contributed by atoms with Crippen molar-refractivity contribution < 1.29 is 9.90 Å². The Morgan fingerprint density at radius 2 is 2.00 bits per heavy atom. The molecule has 1 unspecified atom stereocenters. The summed E-state index contributed by atoms with van der Waals surface area (Å²) < 4.78 is 0. The van der Waals surface area contributed by atoms with E-state index in [0.29, 0.717) is 12.6 Å². The first-order valence-corrected chi connectivity index (χ1v) is 7.28. The summed E-state index contributed by atoms with van der Waals surface area (Å²) in [7, 11) is 6.29. The van der Waals surface area contributed by atoms with Crippen LogP contribution in [0.1, 0.15) is 32.1 Å². The van der Waals surface area contributed by atoms with Gasteiger partial charge in [-0.2, -0.15) is 0 Å². The third-order valence-corrected chi connectivity index (χ3v) is 4.60. The molecular formula is C14H27N3O2. The maximum absolute atomic E-state index is 11.3. The van der Waals surface area contributed by atoms with E-state index in [9.17, 15) is 9.90 Å². The van der Waals surface area contributed by atoms with Crippen LogP contribution >= 0.6 is 0 Å². The topological polar surface area (TPSA) is 55.8 Å². The summed E-state index contributed by atoms with van der Waals surface area (Å²) in [5.41, 5.74) is 0.261. The predicted molar refractivity (Wildman–Crippen MR) is 75.3 cm³/mol. The number of hydrogen-bond acceptors (Lipinski definition) is 4. The summed E-state index contributed by atoms with van der Waals surface area (Å²) >= 11 is 0. The minimum atomic E-state index is -0.730. The normalized spacial score (nSPS) is 23.4. The second kappa shape index (κ2) is 5.77. The Kier molecular flexibility index (Phi) is 4.48. The third kappa shape index (κ3) is 3.68. The Bertz CT molecular complexity index is 325. The zero-order valence-corrected chi connectivity index (χ0v) is 12.4. The van der Waals surface area contributed by atoms with Crippen LogP contribution in [0.25, 0.3) is 0 Å². The lowest BCUT2D eigenvalue weighted by Crippen LogP contribution is -2.58. The molecule has 2 saturated carbocycles. The van der Waals surface area contributed by atoms with Gasteiger partial charge in [-0.3, -0.25) is 4.79 Å². The molecule has 2 fully saturated rings. The molecule has 0 heterocycles. The molecule has 0 aromatic carbocycles. The van der Waals surface area contributed by atoms with E-state index in [1.807, 2.05) is 7.05 Å². The van der Waals surface area contributed by atoms with E-state index in [0.717, 1.165) is 19.4 Å². The Morgan fingerprint density at radius 3 is 2.37 bits per heavy atom. The minimum absolute atomic E-state index is 0.261. The van der Waals surface area contributed by atoms with Gasteiger partial charge in [0.1, 0.15) is 6.04 Å². The smallest absolute Gasteiger partial charge is 0.322 e. The highest BCUT2D eigenvalue weighted by molar-refractivity contribution is 5.73. The molecule has 1 atom stereocenters. The minimum Gasteiger partial charge on any atom is -0.480 e. The molecule has 0 spiro atoms. The van der Waals surface area contributed by atoms with Gasteiger partial charge in [-0.25, -0.2) is 0 Å². The number of hydrogen-bond donors (Lipinski definition) is 2. The number of likely N-dealkylation sites (N-methyl/N-ethyl adjacent to an activating group) is 2. The number of carboxylic acids is 1. The predicted octanol–water partition coefficient (Wildman–Crippen LogP) is 0.608. The molecule has 5 heteroatoms. The van der Waals surface area contributed by atoms with Crippen molar-refractivity contribution >= 4 is 5.97 Å².